The van der Waals surface area contributed by atoms with Crippen molar-refractivity contribution in [2.75, 3.05) is 6.54 Å². The van der Waals surface area contributed by atoms with Gasteiger partial charge in [-0.1, -0.05) is 36.9 Å². The summed E-state index contributed by atoms with van der Waals surface area (Å²) in [6.07, 6.45) is 0. The lowest BCUT2D eigenvalue weighted by atomic mass is 9.83. The number of carboxylic acid groups (broad SMARTS) is 1. The highest BCUT2D eigenvalue weighted by atomic mass is 16.7. The van der Waals surface area contributed by atoms with Gasteiger partial charge in [0, 0.05) is 0 Å². The van der Waals surface area contributed by atoms with Gasteiger partial charge in [-0.3, -0.25) is 9.63 Å². The van der Waals surface area contributed by atoms with E-state index < -0.39 is 11.4 Å². The number of hydrogen-bond donors (Lipinski definition) is 1. The van der Waals surface area contributed by atoms with Crippen LogP contribution in [0.4, 0.5) is 0 Å². The summed E-state index contributed by atoms with van der Waals surface area (Å²) in [7, 11) is 0. The van der Waals surface area contributed by atoms with Gasteiger partial charge >= 0.3 is 5.97 Å². The van der Waals surface area contributed by atoms with Gasteiger partial charge in [0.2, 0.25) is 0 Å². The molecule has 1 aromatic rings. The maximum atomic E-state index is 11.4. The van der Waals surface area contributed by atoms with E-state index in [1.165, 1.54) is 12.0 Å². The van der Waals surface area contributed by atoms with Crippen molar-refractivity contribution in [1.29, 1.82) is 0 Å². The molecule has 1 fully saturated rings. The maximum Gasteiger partial charge on any atom is 0.320 e. The van der Waals surface area contributed by atoms with Gasteiger partial charge in [0.25, 0.3) is 0 Å². The van der Waals surface area contributed by atoms with Crippen molar-refractivity contribution in [2.45, 2.75) is 13.5 Å². The third-order valence-electron chi connectivity index (χ3n) is 3.52. The number of hydroxylamine groups is 2. The number of nitrogens with zero attached hydrogens (tertiary/aromatic N) is 1. The summed E-state index contributed by atoms with van der Waals surface area (Å²) in [5.41, 5.74) is -0.173. The number of carbonyl (C=O) groups is 1. The molecule has 0 aliphatic carbocycles. The van der Waals surface area contributed by atoms with E-state index in [-0.39, 0.29) is 18.8 Å². The second kappa shape index (κ2) is 5.33. The standard InChI is InChI=1S/C15H15NO4/c1-11-8-16(13(9-17)15(11,2)14(18)19)20-10-12-6-4-3-5-7-12/h3-7H,1,8,10H2,2H3,(H,18,19)/t15-/m0/s1. The molecular weight excluding hydrogens is 258 g/mol. The second-order valence-corrected chi connectivity index (χ2v) is 4.78. The second-order valence-electron chi connectivity index (χ2n) is 4.78. The largest absolute Gasteiger partial charge is 0.480 e. The summed E-state index contributed by atoms with van der Waals surface area (Å²) >= 11 is 0. The molecule has 1 aromatic carbocycles. The van der Waals surface area contributed by atoms with Crippen molar-refractivity contribution in [2.24, 2.45) is 5.41 Å². The fourth-order valence-corrected chi connectivity index (χ4v) is 2.07. The molecule has 0 spiro atoms. The molecule has 1 atom stereocenters. The van der Waals surface area contributed by atoms with Crippen molar-refractivity contribution < 1.29 is 19.5 Å². The van der Waals surface area contributed by atoms with Crippen LogP contribution in [0.3, 0.4) is 0 Å². The Morgan fingerprint density at radius 3 is 2.70 bits per heavy atom. The van der Waals surface area contributed by atoms with E-state index in [1.807, 2.05) is 30.3 Å². The maximum absolute atomic E-state index is 11.4. The van der Waals surface area contributed by atoms with E-state index in [0.717, 1.165) is 5.56 Å². The number of rotatable bonds is 4. The Morgan fingerprint density at radius 2 is 2.15 bits per heavy atom. The molecule has 5 nitrogen and oxygen atoms in total. The third-order valence-corrected chi connectivity index (χ3v) is 3.52. The lowest BCUT2D eigenvalue weighted by Gasteiger charge is -2.21. The van der Waals surface area contributed by atoms with Crippen molar-refractivity contribution in [1.82, 2.24) is 5.06 Å². The Balaban J connectivity index is 2.17. The van der Waals surface area contributed by atoms with Gasteiger partial charge in [-0.15, -0.1) is 0 Å². The zero-order chi connectivity index (χ0) is 14.8. The van der Waals surface area contributed by atoms with E-state index >= 15 is 0 Å². The number of carbonyl (C=O) groups excluding carboxylic acids is 1. The Kier molecular flexibility index (Phi) is 3.74. The van der Waals surface area contributed by atoms with Gasteiger partial charge in [-0.05, 0) is 18.1 Å². The molecule has 2 rings (SSSR count). The summed E-state index contributed by atoms with van der Waals surface area (Å²) in [5, 5.41) is 10.6. The molecule has 0 saturated carbocycles. The van der Waals surface area contributed by atoms with E-state index in [1.54, 1.807) is 5.94 Å². The van der Waals surface area contributed by atoms with Crippen LogP contribution in [0.1, 0.15) is 12.5 Å². The summed E-state index contributed by atoms with van der Waals surface area (Å²) < 4.78 is 0. The molecule has 0 aromatic heterocycles. The van der Waals surface area contributed by atoms with Crippen LogP contribution >= 0.6 is 0 Å². The van der Waals surface area contributed by atoms with Gasteiger partial charge in [0.05, 0.1) is 13.2 Å². The first-order chi connectivity index (χ1) is 9.50. The van der Waals surface area contributed by atoms with E-state index in [0.29, 0.717) is 5.57 Å². The zero-order valence-electron chi connectivity index (χ0n) is 11.1. The van der Waals surface area contributed by atoms with Gasteiger partial charge < -0.3 is 5.11 Å². The molecule has 1 heterocycles. The van der Waals surface area contributed by atoms with Crippen LogP contribution < -0.4 is 0 Å². The average molecular weight is 273 g/mol. The summed E-state index contributed by atoms with van der Waals surface area (Å²) in [6, 6.07) is 9.40. The van der Waals surface area contributed by atoms with Gasteiger partial charge in [0.1, 0.15) is 17.1 Å². The zero-order valence-corrected chi connectivity index (χ0v) is 11.1. The van der Waals surface area contributed by atoms with Crippen molar-refractivity contribution in [3.05, 3.63) is 53.7 Å². The monoisotopic (exact) mass is 273 g/mol. The van der Waals surface area contributed by atoms with E-state index in [4.69, 9.17) is 4.84 Å². The van der Waals surface area contributed by atoms with E-state index in [9.17, 15) is 14.7 Å². The number of aliphatic carboxylic acids is 1. The van der Waals surface area contributed by atoms with Crippen LogP contribution in [0.5, 0.6) is 0 Å². The van der Waals surface area contributed by atoms with Crippen LogP contribution in [0.25, 0.3) is 0 Å². The molecule has 0 amide bonds. The first-order valence-electron chi connectivity index (χ1n) is 6.11. The fourth-order valence-electron chi connectivity index (χ4n) is 2.07. The predicted molar refractivity (Wildman–Crippen MR) is 72.0 cm³/mol. The minimum absolute atomic E-state index is 0.0501. The lowest BCUT2D eigenvalue weighted by Crippen LogP contribution is -2.31. The summed E-state index contributed by atoms with van der Waals surface area (Å²) in [5.74, 6) is 0.546. The van der Waals surface area contributed by atoms with Crippen LogP contribution in [-0.2, 0) is 21.0 Å². The van der Waals surface area contributed by atoms with Gasteiger partial charge in [0.15, 0.2) is 0 Å². The molecule has 0 radical (unpaired) electrons. The molecule has 1 saturated heterocycles. The first kappa shape index (κ1) is 14.1. The van der Waals surface area contributed by atoms with Gasteiger partial charge in [-0.25, -0.2) is 9.86 Å². The Labute approximate surface area is 116 Å². The number of hydrogen-bond acceptors (Lipinski definition) is 4. The molecule has 5 heteroatoms. The topological polar surface area (TPSA) is 66.8 Å². The van der Waals surface area contributed by atoms with Crippen LogP contribution in [-0.4, -0.2) is 28.6 Å². The van der Waals surface area contributed by atoms with Crippen molar-refractivity contribution >= 4 is 11.9 Å². The molecule has 104 valence electrons. The highest BCUT2D eigenvalue weighted by Gasteiger charge is 2.50. The van der Waals surface area contributed by atoms with Crippen molar-refractivity contribution in [3.63, 3.8) is 0 Å². The minimum atomic E-state index is -1.45. The minimum Gasteiger partial charge on any atom is -0.480 e. The number of benzene rings is 1. The van der Waals surface area contributed by atoms with Gasteiger partial charge in [-0.2, -0.15) is 0 Å². The van der Waals surface area contributed by atoms with E-state index in [2.05, 4.69) is 6.58 Å². The molecule has 20 heavy (non-hydrogen) atoms. The SMILES string of the molecule is C=C1CN(OCc2ccccc2)C(=C=O)[C@@]1(C)C(=O)O. The first-order valence-corrected chi connectivity index (χ1v) is 6.11. The van der Waals surface area contributed by atoms with Crippen molar-refractivity contribution in [3.8, 4) is 0 Å². The Morgan fingerprint density at radius 1 is 1.50 bits per heavy atom. The highest BCUT2D eigenvalue weighted by Crippen LogP contribution is 2.42. The normalized spacial score (nSPS) is 21.9. The molecular formula is C15H15NO4. The van der Waals surface area contributed by atoms with Crippen LogP contribution in [0.15, 0.2) is 48.2 Å². The predicted octanol–water partition coefficient (Wildman–Crippen LogP) is 1.80. The summed E-state index contributed by atoms with van der Waals surface area (Å²) in [4.78, 5) is 28.0. The molecule has 1 aliphatic heterocycles. The molecule has 1 N–H and O–H groups in total. The molecule has 1 aliphatic rings. The Bertz CT molecular complexity index is 589. The van der Waals surface area contributed by atoms with Crippen LogP contribution in [0.2, 0.25) is 0 Å². The highest BCUT2D eigenvalue weighted by molar-refractivity contribution is 5.86. The van der Waals surface area contributed by atoms with Crippen LogP contribution in [0, 0.1) is 5.41 Å². The fraction of sp³-hybridized carbons (Fsp3) is 0.267. The molecule has 0 unspecified atom stereocenters. The molecule has 0 bridgehead atoms. The third kappa shape index (κ3) is 2.25. The summed E-state index contributed by atoms with van der Waals surface area (Å²) in [6.45, 7) is 5.58. The number of carboxylic acids is 1. The lowest BCUT2D eigenvalue weighted by molar-refractivity contribution is -0.150. The smallest absolute Gasteiger partial charge is 0.320 e. The average Bonchev–Trinajstić information content (AvgIpc) is 2.70. The quantitative estimate of drug-likeness (QED) is 0.669. The Hall–Kier alpha value is -2.36.